The quantitative estimate of drug-likeness (QED) is 0.850. The molecule has 0 aliphatic rings. The van der Waals surface area contributed by atoms with Gasteiger partial charge >= 0.3 is 0 Å². The lowest BCUT2D eigenvalue weighted by Crippen LogP contribution is -2.40. The number of nitrogens with one attached hydrogen (secondary N) is 1. The molecule has 23 heavy (non-hydrogen) atoms. The second-order valence-electron chi connectivity index (χ2n) is 5.04. The standard InChI is InChI=1S/C15H17F2N3OS.ClH/c1-3-8(2)13(18)14(21)20-15-19-11(7-22-15)12-9(16)5-4-6-10(12)17;/h4-8,13H,3,18H2,1-2H3,(H,19,20,21);1H. The molecule has 0 radical (unpaired) electrons. The number of anilines is 1. The molecule has 8 heteroatoms. The van der Waals surface area contributed by atoms with Gasteiger partial charge in [-0.05, 0) is 18.1 Å². The lowest BCUT2D eigenvalue weighted by atomic mass is 10.00. The first kappa shape index (κ1) is 19.5. The number of nitrogens with two attached hydrogens (primary N) is 1. The number of benzene rings is 1. The molecule has 2 atom stereocenters. The predicted molar refractivity (Wildman–Crippen MR) is 90.8 cm³/mol. The smallest absolute Gasteiger partial charge is 0.243 e. The highest BCUT2D eigenvalue weighted by molar-refractivity contribution is 7.14. The van der Waals surface area contributed by atoms with E-state index in [0.717, 1.165) is 29.9 Å². The van der Waals surface area contributed by atoms with Crippen LogP contribution in [0.4, 0.5) is 13.9 Å². The number of carbonyl (C=O) groups is 1. The zero-order valence-corrected chi connectivity index (χ0v) is 14.3. The van der Waals surface area contributed by atoms with E-state index >= 15 is 0 Å². The van der Waals surface area contributed by atoms with Gasteiger partial charge in [0, 0.05) is 5.38 Å². The van der Waals surface area contributed by atoms with Gasteiger partial charge in [-0.1, -0.05) is 26.3 Å². The predicted octanol–water partition coefficient (Wildman–Crippen LogP) is 3.82. The van der Waals surface area contributed by atoms with Crippen LogP contribution in [0.5, 0.6) is 0 Å². The van der Waals surface area contributed by atoms with Gasteiger partial charge in [0.15, 0.2) is 5.13 Å². The molecular formula is C15H18ClF2N3OS. The second-order valence-corrected chi connectivity index (χ2v) is 5.89. The van der Waals surface area contributed by atoms with E-state index in [-0.39, 0.29) is 40.6 Å². The Bertz CT molecular complexity index is 660. The van der Waals surface area contributed by atoms with Crippen LogP contribution >= 0.6 is 23.7 Å². The molecule has 4 nitrogen and oxygen atoms in total. The van der Waals surface area contributed by atoms with E-state index in [4.69, 9.17) is 5.73 Å². The van der Waals surface area contributed by atoms with Crippen LogP contribution in [0.25, 0.3) is 11.3 Å². The van der Waals surface area contributed by atoms with Crippen LogP contribution in [-0.2, 0) is 4.79 Å². The number of aromatic nitrogens is 1. The summed E-state index contributed by atoms with van der Waals surface area (Å²) >= 11 is 1.09. The molecule has 126 valence electrons. The molecule has 2 rings (SSSR count). The summed E-state index contributed by atoms with van der Waals surface area (Å²) in [6.45, 7) is 3.83. The number of hydrogen-bond acceptors (Lipinski definition) is 4. The van der Waals surface area contributed by atoms with Crippen LogP contribution in [0.3, 0.4) is 0 Å². The summed E-state index contributed by atoms with van der Waals surface area (Å²) in [6.07, 6.45) is 0.776. The zero-order chi connectivity index (χ0) is 16.3. The van der Waals surface area contributed by atoms with Crippen molar-refractivity contribution >= 4 is 34.8 Å². The Labute approximate surface area is 143 Å². The van der Waals surface area contributed by atoms with E-state index in [0.29, 0.717) is 0 Å². The first-order valence-corrected chi connectivity index (χ1v) is 7.78. The molecule has 0 aliphatic carbocycles. The molecule has 1 aromatic heterocycles. The Kier molecular flexibility index (Phi) is 7.05. The van der Waals surface area contributed by atoms with Crippen LogP contribution in [0.1, 0.15) is 20.3 Å². The van der Waals surface area contributed by atoms with Crippen LogP contribution in [0, 0.1) is 17.6 Å². The fourth-order valence-corrected chi connectivity index (χ4v) is 2.59. The minimum absolute atomic E-state index is 0. The third-order valence-electron chi connectivity index (χ3n) is 3.51. The average Bonchev–Trinajstić information content (AvgIpc) is 2.93. The Hall–Kier alpha value is -1.57. The maximum absolute atomic E-state index is 13.7. The van der Waals surface area contributed by atoms with Crippen molar-refractivity contribution in [3.05, 3.63) is 35.2 Å². The Balaban J connectivity index is 0.00000264. The van der Waals surface area contributed by atoms with Crippen LogP contribution in [0.15, 0.2) is 23.6 Å². The molecule has 1 heterocycles. The number of nitrogens with zero attached hydrogens (tertiary/aromatic N) is 1. The maximum atomic E-state index is 13.7. The van der Waals surface area contributed by atoms with Crippen LogP contribution in [-0.4, -0.2) is 16.9 Å². The Morgan fingerprint density at radius 2 is 2.00 bits per heavy atom. The summed E-state index contributed by atoms with van der Waals surface area (Å²) in [7, 11) is 0. The highest BCUT2D eigenvalue weighted by atomic mass is 35.5. The van der Waals surface area contributed by atoms with E-state index in [9.17, 15) is 13.6 Å². The topological polar surface area (TPSA) is 68.0 Å². The van der Waals surface area contributed by atoms with Gasteiger partial charge in [0.25, 0.3) is 0 Å². The van der Waals surface area contributed by atoms with Crippen LogP contribution < -0.4 is 11.1 Å². The van der Waals surface area contributed by atoms with E-state index in [1.165, 1.54) is 11.4 Å². The van der Waals surface area contributed by atoms with E-state index in [2.05, 4.69) is 10.3 Å². The normalized spacial score (nSPS) is 13.1. The number of rotatable bonds is 5. The van der Waals surface area contributed by atoms with Crippen molar-refractivity contribution in [3.63, 3.8) is 0 Å². The second kappa shape index (κ2) is 8.33. The number of thiazole rings is 1. The van der Waals surface area contributed by atoms with Crippen molar-refractivity contribution < 1.29 is 13.6 Å². The Morgan fingerprint density at radius 3 is 2.57 bits per heavy atom. The van der Waals surface area contributed by atoms with Gasteiger partial charge in [-0.2, -0.15) is 0 Å². The molecule has 0 spiro atoms. The molecule has 1 amide bonds. The first-order chi connectivity index (χ1) is 10.4. The fraction of sp³-hybridized carbons (Fsp3) is 0.333. The van der Waals surface area contributed by atoms with Crippen molar-refractivity contribution in [1.29, 1.82) is 0 Å². The van der Waals surface area contributed by atoms with E-state index < -0.39 is 17.7 Å². The highest BCUT2D eigenvalue weighted by Crippen LogP contribution is 2.29. The largest absolute Gasteiger partial charge is 0.320 e. The van der Waals surface area contributed by atoms with Gasteiger partial charge in [-0.25, -0.2) is 13.8 Å². The lowest BCUT2D eigenvalue weighted by Gasteiger charge is -2.16. The molecule has 0 bridgehead atoms. The summed E-state index contributed by atoms with van der Waals surface area (Å²) in [5, 5.41) is 4.34. The lowest BCUT2D eigenvalue weighted by molar-refractivity contribution is -0.118. The maximum Gasteiger partial charge on any atom is 0.243 e. The molecular weight excluding hydrogens is 344 g/mol. The van der Waals surface area contributed by atoms with E-state index in [1.54, 1.807) is 0 Å². The third-order valence-corrected chi connectivity index (χ3v) is 4.27. The van der Waals surface area contributed by atoms with E-state index in [1.807, 2.05) is 13.8 Å². The Morgan fingerprint density at radius 1 is 1.39 bits per heavy atom. The summed E-state index contributed by atoms with van der Waals surface area (Å²) in [4.78, 5) is 16.0. The minimum atomic E-state index is -0.695. The van der Waals surface area contributed by atoms with Gasteiger partial charge in [-0.3, -0.25) is 4.79 Å². The summed E-state index contributed by atoms with van der Waals surface area (Å²) in [5.74, 6) is -1.72. The summed E-state index contributed by atoms with van der Waals surface area (Å²) in [6, 6.07) is 2.96. The number of halogens is 3. The molecule has 0 saturated heterocycles. The molecule has 0 saturated carbocycles. The van der Waals surface area contributed by atoms with Gasteiger partial charge in [0.05, 0.1) is 17.3 Å². The average molecular weight is 362 g/mol. The van der Waals surface area contributed by atoms with Crippen molar-refractivity contribution in [2.75, 3.05) is 5.32 Å². The first-order valence-electron chi connectivity index (χ1n) is 6.90. The number of hydrogen-bond donors (Lipinski definition) is 2. The molecule has 2 unspecified atom stereocenters. The van der Waals surface area contributed by atoms with Crippen LogP contribution in [0.2, 0.25) is 0 Å². The molecule has 0 fully saturated rings. The minimum Gasteiger partial charge on any atom is -0.320 e. The van der Waals surface area contributed by atoms with Crippen molar-refractivity contribution in [2.45, 2.75) is 26.3 Å². The molecule has 3 N–H and O–H groups in total. The highest BCUT2D eigenvalue weighted by Gasteiger charge is 2.21. The molecule has 2 aromatic rings. The number of amides is 1. The summed E-state index contributed by atoms with van der Waals surface area (Å²) in [5.41, 5.74) is 5.77. The third kappa shape index (κ3) is 4.46. The van der Waals surface area contributed by atoms with Gasteiger partial charge in [0.1, 0.15) is 11.6 Å². The molecule has 0 aliphatic heterocycles. The summed E-state index contributed by atoms with van der Waals surface area (Å²) < 4.78 is 27.4. The van der Waals surface area contributed by atoms with Gasteiger partial charge in [0.2, 0.25) is 5.91 Å². The monoisotopic (exact) mass is 361 g/mol. The number of carbonyl (C=O) groups excluding carboxylic acids is 1. The van der Waals surface area contributed by atoms with Gasteiger partial charge in [-0.15, -0.1) is 23.7 Å². The van der Waals surface area contributed by atoms with Gasteiger partial charge < -0.3 is 11.1 Å². The molecule has 1 aromatic carbocycles. The van der Waals surface area contributed by atoms with Crippen molar-refractivity contribution in [1.82, 2.24) is 4.98 Å². The van der Waals surface area contributed by atoms with Crippen molar-refractivity contribution in [3.8, 4) is 11.3 Å². The van der Waals surface area contributed by atoms with Crippen molar-refractivity contribution in [2.24, 2.45) is 11.7 Å². The SMILES string of the molecule is CCC(C)C(N)C(=O)Nc1nc(-c2c(F)cccc2F)cs1.Cl. The fourth-order valence-electron chi connectivity index (χ4n) is 1.89. The zero-order valence-electron chi connectivity index (χ0n) is 12.7.